The number of amides is 1. The lowest BCUT2D eigenvalue weighted by atomic mass is 9.77. The van der Waals surface area contributed by atoms with Crippen LogP contribution in [0.5, 0.6) is 5.88 Å². The van der Waals surface area contributed by atoms with Gasteiger partial charge >= 0.3 is 5.97 Å². The summed E-state index contributed by atoms with van der Waals surface area (Å²) in [6, 6.07) is 18.0. The van der Waals surface area contributed by atoms with Gasteiger partial charge in [0, 0.05) is 25.7 Å². The van der Waals surface area contributed by atoms with E-state index in [2.05, 4.69) is 22.1 Å². The van der Waals surface area contributed by atoms with Crippen molar-refractivity contribution >= 4 is 29.3 Å². The van der Waals surface area contributed by atoms with Crippen LogP contribution in [-0.2, 0) is 11.3 Å². The maximum absolute atomic E-state index is 13.6. The number of hydrogen-bond acceptors (Lipinski definition) is 7. The van der Waals surface area contributed by atoms with Gasteiger partial charge in [0.05, 0.1) is 6.54 Å². The standard InChI is InChI=1S/C29H33N5O4/c1-33(18-20-5-3-2-4-6-20)29-31-26(30)25-27(32-29)38-16-15-34(28(25)37)23-13-11-22(12-14-23)21-9-7-19(8-10-21)17-24(35)36/h2-6,11-14,19,21H,7-10,15-18H2,1H3,(H,35,36)(H2,30,31,32). The van der Waals surface area contributed by atoms with Crippen molar-refractivity contribution in [3.8, 4) is 5.88 Å². The third-order valence-corrected chi connectivity index (χ3v) is 7.49. The number of nitrogens with zero attached hydrogens (tertiary/aromatic N) is 4. The van der Waals surface area contributed by atoms with E-state index >= 15 is 0 Å². The van der Waals surface area contributed by atoms with E-state index in [-0.39, 0.29) is 42.1 Å². The second kappa shape index (κ2) is 11.1. The Hall–Kier alpha value is -4.14. The second-order valence-corrected chi connectivity index (χ2v) is 10.1. The van der Waals surface area contributed by atoms with Crippen LogP contribution < -0.4 is 20.3 Å². The number of aliphatic carboxylic acids is 1. The van der Waals surface area contributed by atoms with Gasteiger partial charge in [-0.3, -0.25) is 9.59 Å². The highest BCUT2D eigenvalue weighted by molar-refractivity contribution is 6.10. The molecule has 3 N–H and O–H groups in total. The number of rotatable bonds is 7. The number of nitrogen functional groups attached to an aromatic ring is 1. The van der Waals surface area contributed by atoms with Crippen LogP contribution in [-0.4, -0.2) is 47.2 Å². The number of carboxylic acid groups (broad SMARTS) is 1. The first-order valence-corrected chi connectivity index (χ1v) is 13.1. The van der Waals surface area contributed by atoms with Crippen molar-refractivity contribution in [2.24, 2.45) is 5.92 Å². The maximum atomic E-state index is 13.6. The number of carbonyl (C=O) groups excluding carboxylic acids is 1. The lowest BCUT2D eigenvalue weighted by molar-refractivity contribution is -0.138. The number of benzene rings is 2. The summed E-state index contributed by atoms with van der Waals surface area (Å²) in [5.74, 6) is 0.374. The van der Waals surface area contributed by atoms with Gasteiger partial charge in [0.1, 0.15) is 18.0 Å². The van der Waals surface area contributed by atoms with Gasteiger partial charge in [-0.05, 0) is 60.8 Å². The molecule has 1 saturated carbocycles. The summed E-state index contributed by atoms with van der Waals surface area (Å²) in [6.07, 6.45) is 4.08. The number of fused-ring (bicyclic) bond motifs is 1. The lowest BCUT2D eigenvalue weighted by Gasteiger charge is -2.28. The Morgan fingerprint density at radius 2 is 1.79 bits per heavy atom. The summed E-state index contributed by atoms with van der Waals surface area (Å²) in [4.78, 5) is 37.1. The van der Waals surface area contributed by atoms with E-state index in [1.54, 1.807) is 4.90 Å². The Labute approximate surface area is 222 Å². The first kappa shape index (κ1) is 25.5. The molecule has 38 heavy (non-hydrogen) atoms. The largest absolute Gasteiger partial charge is 0.481 e. The molecular weight excluding hydrogens is 482 g/mol. The summed E-state index contributed by atoms with van der Waals surface area (Å²) in [7, 11) is 1.87. The van der Waals surface area contributed by atoms with Gasteiger partial charge in [0.15, 0.2) is 0 Å². The van der Waals surface area contributed by atoms with Crippen molar-refractivity contribution in [3.63, 3.8) is 0 Å². The highest BCUT2D eigenvalue weighted by atomic mass is 16.5. The minimum Gasteiger partial charge on any atom is -0.481 e. The van der Waals surface area contributed by atoms with Crippen molar-refractivity contribution in [2.75, 3.05) is 35.7 Å². The van der Waals surface area contributed by atoms with Gasteiger partial charge in [-0.25, -0.2) is 0 Å². The normalized spacial score (nSPS) is 19.3. The second-order valence-electron chi connectivity index (χ2n) is 10.1. The quantitative estimate of drug-likeness (QED) is 0.472. The molecule has 1 aromatic heterocycles. The molecule has 1 fully saturated rings. The zero-order valence-corrected chi connectivity index (χ0v) is 21.5. The van der Waals surface area contributed by atoms with Gasteiger partial charge in [0.2, 0.25) is 11.8 Å². The van der Waals surface area contributed by atoms with E-state index in [9.17, 15) is 9.59 Å². The Bertz CT molecular complexity index is 1290. The number of carboxylic acids is 1. The summed E-state index contributed by atoms with van der Waals surface area (Å²) in [5, 5.41) is 9.06. The topological polar surface area (TPSA) is 122 Å². The number of carbonyl (C=O) groups is 2. The predicted molar refractivity (Wildman–Crippen MR) is 146 cm³/mol. The maximum Gasteiger partial charge on any atom is 0.303 e. The van der Waals surface area contributed by atoms with Crippen molar-refractivity contribution in [3.05, 3.63) is 71.3 Å². The predicted octanol–water partition coefficient (Wildman–Crippen LogP) is 4.48. The highest BCUT2D eigenvalue weighted by Crippen LogP contribution is 2.38. The van der Waals surface area contributed by atoms with Crippen molar-refractivity contribution in [1.29, 1.82) is 0 Å². The van der Waals surface area contributed by atoms with Crippen molar-refractivity contribution in [2.45, 2.75) is 44.6 Å². The molecule has 2 aliphatic rings. The van der Waals surface area contributed by atoms with Gasteiger partial charge in [-0.2, -0.15) is 9.97 Å². The Morgan fingerprint density at radius 3 is 2.47 bits per heavy atom. The molecule has 9 nitrogen and oxygen atoms in total. The SMILES string of the molecule is CN(Cc1ccccc1)c1nc(N)c2c(n1)OCCN(c1ccc(C3CCC(CC(=O)O)CC3)cc1)C2=O. The van der Waals surface area contributed by atoms with Gasteiger partial charge in [-0.15, -0.1) is 0 Å². The first-order valence-electron chi connectivity index (χ1n) is 13.1. The van der Waals surface area contributed by atoms with Gasteiger partial charge in [-0.1, -0.05) is 42.5 Å². The van der Waals surface area contributed by atoms with Gasteiger partial charge < -0.3 is 25.4 Å². The minimum atomic E-state index is -0.716. The molecule has 3 aromatic rings. The van der Waals surface area contributed by atoms with E-state index in [0.29, 0.717) is 25.0 Å². The van der Waals surface area contributed by atoms with Crippen LogP contribution >= 0.6 is 0 Å². The molecule has 0 bridgehead atoms. The average Bonchev–Trinajstić information content (AvgIpc) is 3.08. The molecule has 198 valence electrons. The zero-order chi connectivity index (χ0) is 26.6. The average molecular weight is 516 g/mol. The van der Waals surface area contributed by atoms with Crippen LogP contribution in [0.3, 0.4) is 0 Å². The monoisotopic (exact) mass is 515 g/mol. The molecule has 0 unspecified atom stereocenters. The van der Waals surface area contributed by atoms with Crippen LogP contribution in [0.4, 0.5) is 17.5 Å². The molecule has 0 spiro atoms. The molecule has 1 aliphatic carbocycles. The summed E-state index contributed by atoms with van der Waals surface area (Å²) in [6.45, 7) is 1.24. The minimum absolute atomic E-state index is 0.0940. The Morgan fingerprint density at radius 1 is 1.08 bits per heavy atom. The fraction of sp³-hybridized carbons (Fsp3) is 0.379. The fourth-order valence-electron chi connectivity index (χ4n) is 5.44. The molecule has 2 heterocycles. The Balaban J connectivity index is 1.30. The van der Waals surface area contributed by atoms with Crippen LogP contribution in [0.15, 0.2) is 54.6 Å². The van der Waals surface area contributed by atoms with E-state index in [4.69, 9.17) is 15.6 Å². The zero-order valence-electron chi connectivity index (χ0n) is 21.5. The molecule has 1 aliphatic heterocycles. The Kier molecular flexibility index (Phi) is 7.44. The third-order valence-electron chi connectivity index (χ3n) is 7.49. The molecule has 2 aromatic carbocycles. The number of anilines is 3. The summed E-state index contributed by atoms with van der Waals surface area (Å²) in [5.41, 5.74) is 9.56. The van der Waals surface area contributed by atoms with E-state index < -0.39 is 5.97 Å². The molecule has 0 radical (unpaired) electrons. The summed E-state index contributed by atoms with van der Waals surface area (Å²) >= 11 is 0. The molecule has 0 atom stereocenters. The van der Waals surface area contributed by atoms with Crippen LogP contribution in [0, 0.1) is 5.92 Å². The number of ether oxygens (including phenoxy) is 1. The van der Waals surface area contributed by atoms with Crippen LogP contribution in [0.2, 0.25) is 0 Å². The molecule has 0 saturated heterocycles. The molecule has 1 amide bonds. The smallest absolute Gasteiger partial charge is 0.303 e. The first-order chi connectivity index (χ1) is 18.4. The van der Waals surface area contributed by atoms with Crippen molar-refractivity contribution in [1.82, 2.24) is 9.97 Å². The number of aromatic nitrogens is 2. The number of nitrogens with two attached hydrogens (primary N) is 1. The molecule has 5 rings (SSSR count). The molecule has 9 heteroatoms. The van der Waals surface area contributed by atoms with E-state index in [1.165, 1.54) is 5.56 Å². The van der Waals surface area contributed by atoms with E-state index in [0.717, 1.165) is 36.9 Å². The third kappa shape index (κ3) is 5.56. The van der Waals surface area contributed by atoms with Crippen LogP contribution in [0.1, 0.15) is 59.5 Å². The lowest BCUT2D eigenvalue weighted by Crippen LogP contribution is -2.33. The fourth-order valence-corrected chi connectivity index (χ4v) is 5.44. The van der Waals surface area contributed by atoms with E-state index in [1.807, 2.05) is 54.4 Å². The summed E-state index contributed by atoms with van der Waals surface area (Å²) < 4.78 is 5.89. The highest BCUT2D eigenvalue weighted by Gasteiger charge is 2.31. The molecular formula is C29H33N5O4. The van der Waals surface area contributed by atoms with Gasteiger partial charge in [0.25, 0.3) is 5.91 Å². The number of hydrogen-bond donors (Lipinski definition) is 2. The van der Waals surface area contributed by atoms with Crippen molar-refractivity contribution < 1.29 is 19.4 Å². The van der Waals surface area contributed by atoms with Crippen LogP contribution in [0.25, 0.3) is 0 Å².